The first-order valence-corrected chi connectivity index (χ1v) is 8.57. The summed E-state index contributed by atoms with van der Waals surface area (Å²) in [5, 5.41) is 6.60. The Labute approximate surface area is 136 Å². The van der Waals surface area contributed by atoms with Gasteiger partial charge < -0.3 is 10.6 Å². The fourth-order valence-electron chi connectivity index (χ4n) is 3.88. The minimum atomic E-state index is 0. The lowest BCUT2D eigenvalue weighted by Crippen LogP contribution is -2.43. The Morgan fingerprint density at radius 1 is 1.29 bits per heavy atom. The lowest BCUT2D eigenvalue weighted by atomic mass is 9.64. The van der Waals surface area contributed by atoms with Crippen molar-refractivity contribution in [2.75, 3.05) is 19.6 Å². The van der Waals surface area contributed by atoms with Crippen molar-refractivity contribution in [2.45, 2.75) is 65.2 Å². The molecule has 21 heavy (non-hydrogen) atoms. The number of carbonyl (C=O) groups excluding carboxylic acids is 1. The molecule has 1 saturated carbocycles. The molecule has 1 amide bonds. The first-order chi connectivity index (χ1) is 9.60. The maximum atomic E-state index is 12.0. The minimum Gasteiger partial charge on any atom is -0.356 e. The van der Waals surface area contributed by atoms with Gasteiger partial charge in [-0.25, -0.2) is 0 Å². The van der Waals surface area contributed by atoms with Gasteiger partial charge in [-0.1, -0.05) is 20.3 Å². The van der Waals surface area contributed by atoms with E-state index < -0.39 is 0 Å². The molecule has 1 saturated heterocycles. The predicted molar refractivity (Wildman–Crippen MR) is 90.8 cm³/mol. The van der Waals surface area contributed by atoms with Crippen LogP contribution in [0, 0.1) is 17.3 Å². The van der Waals surface area contributed by atoms with Crippen LogP contribution in [-0.2, 0) is 4.79 Å². The number of nitrogens with one attached hydrogen (secondary N) is 2. The van der Waals surface area contributed by atoms with Crippen LogP contribution in [0.15, 0.2) is 0 Å². The van der Waals surface area contributed by atoms with E-state index in [2.05, 4.69) is 24.5 Å². The molecule has 0 unspecified atom stereocenters. The average Bonchev–Trinajstić information content (AvgIpc) is 2.40. The van der Waals surface area contributed by atoms with Gasteiger partial charge in [0.05, 0.1) is 0 Å². The van der Waals surface area contributed by atoms with Crippen molar-refractivity contribution in [2.24, 2.45) is 17.3 Å². The van der Waals surface area contributed by atoms with E-state index >= 15 is 0 Å². The summed E-state index contributed by atoms with van der Waals surface area (Å²) in [6.45, 7) is 7.75. The largest absolute Gasteiger partial charge is 0.356 e. The zero-order valence-corrected chi connectivity index (χ0v) is 14.6. The van der Waals surface area contributed by atoms with E-state index in [0.29, 0.717) is 5.41 Å². The Morgan fingerprint density at radius 2 is 1.95 bits per heavy atom. The number of rotatable bonds is 7. The zero-order valence-electron chi connectivity index (χ0n) is 13.7. The van der Waals surface area contributed by atoms with Crippen LogP contribution in [-0.4, -0.2) is 25.5 Å². The van der Waals surface area contributed by atoms with Gasteiger partial charge in [-0.15, -0.1) is 12.4 Å². The van der Waals surface area contributed by atoms with E-state index in [1.165, 1.54) is 38.5 Å². The first-order valence-electron chi connectivity index (χ1n) is 8.57. The third kappa shape index (κ3) is 6.15. The maximum Gasteiger partial charge on any atom is 0.220 e. The Kier molecular flexibility index (Phi) is 8.04. The van der Waals surface area contributed by atoms with Crippen molar-refractivity contribution in [1.82, 2.24) is 10.6 Å². The van der Waals surface area contributed by atoms with Gasteiger partial charge in [-0.3, -0.25) is 4.79 Å². The first kappa shape index (κ1) is 18.8. The van der Waals surface area contributed by atoms with Gasteiger partial charge in [-0.05, 0) is 68.9 Å². The van der Waals surface area contributed by atoms with Gasteiger partial charge in [0.15, 0.2) is 0 Å². The summed E-state index contributed by atoms with van der Waals surface area (Å²) in [5.74, 6) is 1.77. The van der Waals surface area contributed by atoms with Gasteiger partial charge in [0, 0.05) is 13.0 Å². The van der Waals surface area contributed by atoms with E-state index in [1.54, 1.807) is 0 Å². The van der Waals surface area contributed by atoms with E-state index in [1.807, 2.05) is 0 Å². The van der Waals surface area contributed by atoms with E-state index in [0.717, 1.165) is 44.3 Å². The molecule has 3 nitrogen and oxygen atoms in total. The van der Waals surface area contributed by atoms with E-state index in [4.69, 9.17) is 0 Å². The minimum absolute atomic E-state index is 0. The molecule has 0 aromatic rings. The second-order valence-corrected chi connectivity index (χ2v) is 7.46. The number of hydrogen-bond donors (Lipinski definition) is 2. The van der Waals surface area contributed by atoms with Crippen molar-refractivity contribution in [1.29, 1.82) is 0 Å². The summed E-state index contributed by atoms with van der Waals surface area (Å²) in [7, 11) is 0. The molecule has 0 spiro atoms. The fraction of sp³-hybridized carbons (Fsp3) is 0.941. The van der Waals surface area contributed by atoms with Gasteiger partial charge in [0.25, 0.3) is 0 Å². The second kappa shape index (κ2) is 8.99. The summed E-state index contributed by atoms with van der Waals surface area (Å²) in [4.78, 5) is 12.0. The molecular formula is C17H33ClN2O. The molecule has 0 bridgehead atoms. The highest BCUT2D eigenvalue weighted by molar-refractivity contribution is 5.85. The van der Waals surface area contributed by atoms with Crippen LogP contribution in [0.4, 0.5) is 0 Å². The highest BCUT2D eigenvalue weighted by Gasteiger charge is 2.37. The molecule has 2 rings (SSSR count). The third-order valence-electron chi connectivity index (χ3n) is 5.15. The molecule has 0 aromatic carbocycles. The molecule has 1 heterocycles. The summed E-state index contributed by atoms with van der Waals surface area (Å²) in [5.41, 5.74) is 0.429. The smallest absolute Gasteiger partial charge is 0.220 e. The topological polar surface area (TPSA) is 41.1 Å². The highest BCUT2D eigenvalue weighted by Crippen LogP contribution is 2.45. The summed E-state index contributed by atoms with van der Waals surface area (Å²) < 4.78 is 0. The quantitative estimate of drug-likeness (QED) is 0.754. The molecule has 2 aliphatic rings. The molecule has 0 aromatic heterocycles. The Morgan fingerprint density at radius 3 is 2.48 bits per heavy atom. The molecule has 2 fully saturated rings. The number of hydrogen-bond acceptors (Lipinski definition) is 2. The summed E-state index contributed by atoms with van der Waals surface area (Å²) >= 11 is 0. The van der Waals surface area contributed by atoms with Crippen molar-refractivity contribution >= 4 is 18.3 Å². The Balaban J connectivity index is 0.00000220. The fourth-order valence-corrected chi connectivity index (χ4v) is 3.88. The zero-order chi connectivity index (χ0) is 14.4. The van der Waals surface area contributed by atoms with Gasteiger partial charge >= 0.3 is 0 Å². The molecule has 1 aliphatic carbocycles. The molecule has 0 atom stereocenters. The molecule has 4 heteroatoms. The average molecular weight is 317 g/mol. The van der Waals surface area contributed by atoms with Crippen LogP contribution in [0.2, 0.25) is 0 Å². The van der Waals surface area contributed by atoms with Crippen LogP contribution in [0.25, 0.3) is 0 Å². The number of amides is 1. The third-order valence-corrected chi connectivity index (χ3v) is 5.15. The number of piperidine rings is 1. The molecule has 124 valence electrons. The highest BCUT2D eigenvalue weighted by atomic mass is 35.5. The lowest BCUT2D eigenvalue weighted by molar-refractivity contribution is -0.122. The lowest BCUT2D eigenvalue weighted by Gasteiger charge is -2.43. The molecule has 0 radical (unpaired) electrons. The SMILES string of the molecule is CC(C)CC1(CNC(=O)CCC2CCNCC2)CCC1.Cl. The Bertz CT molecular complexity index is 310. The summed E-state index contributed by atoms with van der Waals surface area (Å²) in [6, 6.07) is 0. The monoisotopic (exact) mass is 316 g/mol. The van der Waals surface area contributed by atoms with Crippen molar-refractivity contribution < 1.29 is 4.79 Å². The van der Waals surface area contributed by atoms with E-state index in [-0.39, 0.29) is 18.3 Å². The van der Waals surface area contributed by atoms with Crippen LogP contribution in [0.3, 0.4) is 0 Å². The summed E-state index contributed by atoms with van der Waals surface area (Å²) in [6.07, 6.45) is 9.50. The van der Waals surface area contributed by atoms with Crippen molar-refractivity contribution in [3.8, 4) is 0 Å². The maximum absolute atomic E-state index is 12.0. The molecule has 1 aliphatic heterocycles. The normalized spacial score (nSPS) is 21.5. The van der Waals surface area contributed by atoms with Gasteiger partial charge in [-0.2, -0.15) is 0 Å². The number of halogens is 1. The predicted octanol–water partition coefficient (Wildman–Crippen LogP) is 3.52. The van der Waals surface area contributed by atoms with Gasteiger partial charge in [0.2, 0.25) is 5.91 Å². The van der Waals surface area contributed by atoms with Crippen LogP contribution in [0.5, 0.6) is 0 Å². The molecular weight excluding hydrogens is 284 g/mol. The van der Waals surface area contributed by atoms with E-state index in [9.17, 15) is 4.79 Å². The van der Waals surface area contributed by atoms with Crippen LogP contribution in [0.1, 0.15) is 65.2 Å². The van der Waals surface area contributed by atoms with Crippen molar-refractivity contribution in [3.63, 3.8) is 0 Å². The van der Waals surface area contributed by atoms with Crippen LogP contribution >= 0.6 is 12.4 Å². The molecule has 2 N–H and O–H groups in total. The standard InChI is InChI=1S/C17H32N2O.ClH/c1-14(2)12-17(8-3-9-17)13-19-16(20)5-4-15-6-10-18-11-7-15;/h14-15,18H,3-13H2,1-2H3,(H,19,20);1H. The van der Waals surface area contributed by atoms with Crippen molar-refractivity contribution in [3.05, 3.63) is 0 Å². The Hall–Kier alpha value is -0.280. The second-order valence-electron chi connectivity index (χ2n) is 7.46. The van der Waals surface area contributed by atoms with Gasteiger partial charge in [0.1, 0.15) is 0 Å². The van der Waals surface area contributed by atoms with Crippen LogP contribution < -0.4 is 10.6 Å². The number of carbonyl (C=O) groups is 1.